The van der Waals surface area contributed by atoms with Crippen molar-refractivity contribution >= 4 is 11.8 Å². The van der Waals surface area contributed by atoms with Gasteiger partial charge in [0, 0.05) is 23.7 Å². The van der Waals surface area contributed by atoms with E-state index < -0.39 is 0 Å². The first-order valence-electron chi connectivity index (χ1n) is 7.22. The number of rotatable bonds is 8. The van der Waals surface area contributed by atoms with Crippen molar-refractivity contribution in [3.63, 3.8) is 0 Å². The zero-order valence-corrected chi connectivity index (χ0v) is 12.3. The molecular weight excluding hydrogens is 230 g/mol. The normalized spacial score (nSPS) is 27.0. The van der Waals surface area contributed by atoms with Crippen LogP contribution in [-0.2, 0) is 0 Å². The van der Waals surface area contributed by atoms with Crippen molar-refractivity contribution in [3.8, 4) is 0 Å². The average Bonchev–Trinajstić information content (AvgIpc) is 2.33. The molecule has 0 spiro atoms. The number of nitrogens with one attached hydrogen (secondary N) is 1. The summed E-state index contributed by atoms with van der Waals surface area (Å²) in [6.07, 6.45) is 7.69. The Balaban J connectivity index is 2.19. The molecule has 0 radical (unpaired) electrons. The van der Waals surface area contributed by atoms with Gasteiger partial charge < -0.3 is 10.4 Å². The molecule has 3 atom stereocenters. The Morgan fingerprint density at radius 2 is 2.24 bits per heavy atom. The van der Waals surface area contributed by atoms with Crippen molar-refractivity contribution in [3.05, 3.63) is 0 Å². The third-order valence-corrected chi connectivity index (χ3v) is 5.08. The minimum Gasteiger partial charge on any atom is -0.396 e. The average molecular weight is 259 g/mol. The first kappa shape index (κ1) is 15.3. The summed E-state index contributed by atoms with van der Waals surface area (Å²) in [7, 11) is 0. The van der Waals surface area contributed by atoms with Gasteiger partial charge in [-0.05, 0) is 38.1 Å². The molecule has 1 aliphatic carbocycles. The molecule has 1 aliphatic rings. The quantitative estimate of drug-likeness (QED) is 0.703. The monoisotopic (exact) mass is 259 g/mol. The summed E-state index contributed by atoms with van der Waals surface area (Å²) in [5, 5.41) is 13.5. The summed E-state index contributed by atoms with van der Waals surface area (Å²) >= 11 is 2.13. The predicted octanol–water partition coefficient (Wildman–Crippen LogP) is 3.05. The molecule has 1 rings (SSSR count). The van der Waals surface area contributed by atoms with Crippen LogP contribution in [0, 0.1) is 5.92 Å². The van der Waals surface area contributed by atoms with Crippen LogP contribution < -0.4 is 5.32 Å². The van der Waals surface area contributed by atoms with E-state index in [1.807, 2.05) is 0 Å². The fourth-order valence-corrected chi connectivity index (χ4v) is 4.12. The molecule has 3 unspecified atom stereocenters. The maximum absolute atomic E-state index is 9.07. The number of hydrogen-bond donors (Lipinski definition) is 2. The van der Waals surface area contributed by atoms with Crippen LogP contribution in [0.5, 0.6) is 0 Å². The van der Waals surface area contributed by atoms with Gasteiger partial charge in [0.1, 0.15) is 0 Å². The van der Waals surface area contributed by atoms with Crippen molar-refractivity contribution in [1.82, 2.24) is 5.32 Å². The first-order chi connectivity index (χ1) is 8.26. The van der Waals surface area contributed by atoms with Gasteiger partial charge in [0.15, 0.2) is 0 Å². The highest BCUT2D eigenvalue weighted by Gasteiger charge is 2.20. The second-order valence-corrected chi connectivity index (χ2v) is 6.72. The zero-order chi connectivity index (χ0) is 12.5. The number of hydrogen-bond acceptors (Lipinski definition) is 3. The SMILES string of the molecule is CCCNC(CCO)CSC1CCCC(C)C1. The zero-order valence-electron chi connectivity index (χ0n) is 11.5. The molecule has 0 aromatic heterocycles. The largest absolute Gasteiger partial charge is 0.396 e. The molecule has 102 valence electrons. The summed E-state index contributed by atoms with van der Waals surface area (Å²) in [5.41, 5.74) is 0. The highest BCUT2D eigenvalue weighted by molar-refractivity contribution is 7.99. The van der Waals surface area contributed by atoms with Gasteiger partial charge in [0.05, 0.1) is 0 Å². The Morgan fingerprint density at radius 1 is 1.41 bits per heavy atom. The van der Waals surface area contributed by atoms with Gasteiger partial charge >= 0.3 is 0 Å². The molecule has 0 aliphatic heterocycles. The molecular formula is C14H29NOS. The van der Waals surface area contributed by atoms with E-state index in [1.165, 1.54) is 32.1 Å². The van der Waals surface area contributed by atoms with Gasteiger partial charge in [-0.2, -0.15) is 11.8 Å². The van der Waals surface area contributed by atoms with E-state index in [9.17, 15) is 0 Å². The lowest BCUT2D eigenvalue weighted by Crippen LogP contribution is -2.33. The van der Waals surface area contributed by atoms with Crippen LogP contribution >= 0.6 is 11.8 Å². The second kappa shape index (κ2) is 9.23. The number of aliphatic hydroxyl groups excluding tert-OH is 1. The van der Waals surface area contributed by atoms with Crippen LogP contribution in [0.1, 0.15) is 52.4 Å². The van der Waals surface area contributed by atoms with Crippen LogP contribution in [0.25, 0.3) is 0 Å². The van der Waals surface area contributed by atoms with Crippen molar-refractivity contribution < 1.29 is 5.11 Å². The van der Waals surface area contributed by atoms with Crippen molar-refractivity contribution in [2.75, 3.05) is 18.9 Å². The topological polar surface area (TPSA) is 32.3 Å². The lowest BCUT2D eigenvalue weighted by Gasteiger charge is -2.28. The minimum atomic E-state index is 0.309. The standard InChI is InChI=1S/C14H29NOS/c1-3-8-15-13(7-9-16)11-17-14-6-4-5-12(2)10-14/h12-16H,3-11H2,1-2H3. The van der Waals surface area contributed by atoms with Gasteiger partial charge in [-0.15, -0.1) is 0 Å². The third kappa shape index (κ3) is 6.68. The van der Waals surface area contributed by atoms with Crippen LogP contribution in [0.15, 0.2) is 0 Å². The highest BCUT2D eigenvalue weighted by atomic mass is 32.2. The smallest absolute Gasteiger partial charge is 0.0446 e. The molecule has 17 heavy (non-hydrogen) atoms. The van der Waals surface area contributed by atoms with Crippen LogP contribution in [0.4, 0.5) is 0 Å². The van der Waals surface area contributed by atoms with Crippen LogP contribution in [0.2, 0.25) is 0 Å². The second-order valence-electron chi connectivity index (χ2n) is 5.39. The maximum Gasteiger partial charge on any atom is 0.0446 e. The Kier molecular flexibility index (Phi) is 8.33. The highest BCUT2D eigenvalue weighted by Crippen LogP contribution is 2.32. The van der Waals surface area contributed by atoms with E-state index in [0.717, 1.165) is 29.9 Å². The molecule has 1 fully saturated rings. The number of thioether (sulfide) groups is 1. The lowest BCUT2D eigenvalue weighted by molar-refractivity contribution is 0.270. The summed E-state index contributed by atoms with van der Waals surface area (Å²) in [5.74, 6) is 2.08. The Bertz CT molecular complexity index is 189. The summed E-state index contributed by atoms with van der Waals surface area (Å²) in [6.45, 7) is 5.96. The minimum absolute atomic E-state index is 0.309. The molecule has 0 bridgehead atoms. The van der Waals surface area contributed by atoms with Crippen molar-refractivity contribution in [1.29, 1.82) is 0 Å². The fraction of sp³-hybridized carbons (Fsp3) is 1.00. The molecule has 0 heterocycles. The Hall–Kier alpha value is 0.270. The van der Waals surface area contributed by atoms with Crippen LogP contribution in [0.3, 0.4) is 0 Å². The van der Waals surface area contributed by atoms with Crippen LogP contribution in [-0.4, -0.2) is 35.3 Å². The molecule has 2 nitrogen and oxygen atoms in total. The fourth-order valence-electron chi connectivity index (χ4n) is 2.53. The van der Waals surface area contributed by atoms with Gasteiger partial charge in [0.2, 0.25) is 0 Å². The predicted molar refractivity (Wildman–Crippen MR) is 77.7 cm³/mol. The third-order valence-electron chi connectivity index (χ3n) is 3.58. The molecule has 0 aromatic rings. The van der Waals surface area contributed by atoms with Gasteiger partial charge in [-0.25, -0.2) is 0 Å². The summed E-state index contributed by atoms with van der Waals surface area (Å²) in [6, 6.07) is 0.502. The van der Waals surface area contributed by atoms with Gasteiger partial charge in [-0.1, -0.05) is 26.7 Å². The van der Waals surface area contributed by atoms with Crippen molar-refractivity contribution in [2.45, 2.75) is 63.7 Å². The van der Waals surface area contributed by atoms with E-state index in [-0.39, 0.29) is 0 Å². The summed E-state index contributed by atoms with van der Waals surface area (Å²) in [4.78, 5) is 0. The molecule has 0 saturated heterocycles. The molecule has 0 aromatic carbocycles. The first-order valence-corrected chi connectivity index (χ1v) is 8.27. The molecule has 3 heteroatoms. The van der Waals surface area contributed by atoms with Gasteiger partial charge in [0.25, 0.3) is 0 Å². The van der Waals surface area contributed by atoms with E-state index in [0.29, 0.717) is 12.6 Å². The number of aliphatic hydroxyl groups is 1. The molecule has 2 N–H and O–H groups in total. The van der Waals surface area contributed by atoms with E-state index in [2.05, 4.69) is 30.9 Å². The van der Waals surface area contributed by atoms with E-state index in [1.54, 1.807) is 0 Å². The molecule has 0 amide bonds. The van der Waals surface area contributed by atoms with Gasteiger partial charge in [-0.3, -0.25) is 0 Å². The maximum atomic E-state index is 9.07. The van der Waals surface area contributed by atoms with E-state index >= 15 is 0 Å². The van der Waals surface area contributed by atoms with Crippen molar-refractivity contribution in [2.24, 2.45) is 5.92 Å². The lowest BCUT2D eigenvalue weighted by atomic mass is 9.91. The van der Waals surface area contributed by atoms with E-state index in [4.69, 9.17) is 5.11 Å². The Morgan fingerprint density at radius 3 is 2.88 bits per heavy atom. The molecule has 1 saturated carbocycles. The summed E-state index contributed by atoms with van der Waals surface area (Å²) < 4.78 is 0. The Labute approximate surface area is 111 Å².